The molecule has 1 heterocycles. The van der Waals surface area contributed by atoms with E-state index >= 15 is 0 Å². The number of nitrogens with zero attached hydrogens (tertiary/aromatic N) is 1. The highest BCUT2D eigenvalue weighted by Crippen LogP contribution is 2.29. The molecule has 1 atom stereocenters. The number of para-hydroxylation sites is 1. The molecule has 2 rings (SSSR count). The fourth-order valence-electron chi connectivity index (χ4n) is 3.34. The van der Waals surface area contributed by atoms with E-state index in [4.69, 9.17) is 5.73 Å². The van der Waals surface area contributed by atoms with E-state index < -0.39 is 0 Å². The van der Waals surface area contributed by atoms with Crippen molar-refractivity contribution in [3.63, 3.8) is 0 Å². The molecule has 3 N–H and O–H groups in total. The van der Waals surface area contributed by atoms with Gasteiger partial charge in [0.2, 0.25) is 5.91 Å². The van der Waals surface area contributed by atoms with Crippen molar-refractivity contribution < 1.29 is 4.79 Å². The number of carbonyl (C=O) groups excluding carboxylic acids is 1. The van der Waals surface area contributed by atoms with Crippen LogP contribution in [-0.4, -0.2) is 36.5 Å². The van der Waals surface area contributed by atoms with E-state index in [1.165, 1.54) is 5.56 Å². The molecule has 1 fully saturated rings. The number of benzene rings is 1. The molecule has 0 saturated carbocycles. The van der Waals surface area contributed by atoms with Gasteiger partial charge in [-0.3, -0.25) is 9.69 Å². The van der Waals surface area contributed by atoms with Gasteiger partial charge in [-0.15, -0.1) is 0 Å². The lowest BCUT2D eigenvalue weighted by Crippen LogP contribution is -2.53. The summed E-state index contributed by atoms with van der Waals surface area (Å²) in [6.45, 7) is 12.9. The van der Waals surface area contributed by atoms with Crippen LogP contribution in [0.5, 0.6) is 0 Å². The van der Waals surface area contributed by atoms with Crippen molar-refractivity contribution >= 4 is 11.6 Å². The number of nitrogens with one attached hydrogen (secondary N) is 1. The molecule has 128 valence electrons. The summed E-state index contributed by atoms with van der Waals surface area (Å²) in [6.07, 6.45) is 0.946. The number of nitrogens with two attached hydrogens (primary N) is 1. The van der Waals surface area contributed by atoms with Crippen LogP contribution in [0, 0.1) is 12.3 Å². The van der Waals surface area contributed by atoms with Gasteiger partial charge in [0.1, 0.15) is 0 Å². The lowest BCUT2D eigenvalue weighted by molar-refractivity contribution is -0.118. The van der Waals surface area contributed by atoms with Crippen LogP contribution in [-0.2, 0) is 4.79 Å². The Bertz CT molecular complexity index is 566. The third-order valence-electron chi connectivity index (χ3n) is 4.95. The van der Waals surface area contributed by atoms with Crippen LogP contribution < -0.4 is 11.1 Å². The summed E-state index contributed by atoms with van der Waals surface area (Å²) in [5.74, 6) is 0.449. The van der Waals surface area contributed by atoms with E-state index in [0.29, 0.717) is 12.5 Å². The van der Waals surface area contributed by atoms with Gasteiger partial charge in [-0.2, -0.15) is 0 Å². The molecular formula is C19H31N3O. The largest absolute Gasteiger partial charge is 0.327 e. The summed E-state index contributed by atoms with van der Waals surface area (Å²) in [6, 6.07) is 6.40. The molecule has 0 aliphatic carbocycles. The summed E-state index contributed by atoms with van der Waals surface area (Å²) in [4.78, 5) is 14.7. The molecule has 1 amide bonds. The minimum absolute atomic E-state index is 0.0598. The number of amides is 1. The summed E-state index contributed by atoms with van der Waals surface area (Å²) >= 11 is 0. The summed E-state index contributed by atoms with van der Waals surface area (Å²) in [5, 5.41) is 3.13. The number of piperidine rings is 1. The molecule has 1 aromatic carbocycles. The SMILES string of the molecule is Cc1cccc(C(C)C)c1NC(=O)CN1CCC(N)C(C)(C)C1. The predicted molar refractivity (Wildman–Crippen MR) is 96.7 cm³/mol. The van der Waals surface area contributed by atoms with Gasteiger partial charge in [0, 0.05) is 24.8 Å². The molecule has 4 heteroatoms. The molecule has 0 aromatic heterocycles. The Hall–Kier alpha value is -1.39. The van der Waals surface area contributed by atoms with Crippen molar-refractivity contribution in [3.8, 4) is 0 Å². The first kappa shape index (κ1) is 18.0. The third kappa shape index (κ3) is 4.33. The molecule has 4 nitrogen and oxygen atoms in total. The molecule has 1 unspecified atom stereocenters. The van der Waals surface area contributed by atoms with Crippen molar-refractivity contribution in [2.24, 2.45) is 11.1 Å². The van der Waals surface area contributed by atoms with E-state index in [1.807, 2.05) is 13.0 Å². The maximum atomic E-state index is 12.5. The lowest BCUT2D eigenvalue weighted by atomic mass is 9.80. The zero-order chi connectivity index (χ0) is 17.2. The van der Waals surface area contributed by atoms with Crippen LogP contribution >= 0.6 is 0 Å². The first-order valence-electron chi connectivity index (χ1n) is 8.58. The Balaban J connectivity index is 2.04. The second-order valence-electron chi connectivity index (χ2n) is 7.84. The minimum Gasteiger partial charge on any atom is -0.327 e. The number of hydrogen-bond acceptors (Lipinski definition) is 3. The number of anilines is 1. The van der Waals surface area contributed by atoms with E-state index in [0.717, 1.165) is 30.8 Å². The Labute approximate surface area is 140 Å². The average Bonchev–Trinajstić information content (AvgIpc) is 2.44. The molecule has 0 spiro atoms. The van der Waals surface area contributed by atoms with Crippen LogP contribution in [0.25, 0.3) is 0 Å². The van der Waals surface area contributed by atoms with Crippen LogP contribution in [0.4, 0.5) is 5.69 Å². The lowest BCUT2D eigenvalue weighted by Gasteiger charge is -2.42. The summed E-state index contributed by atoms with van der Waals surface area (Å²) in [7, 11) is 0. The molecule has 1 saturated heterocycles. The van der Waals surface area contributed by atoms with Crippen LogP contribution in [0.1, 0.15) is 51.2 Å². The summed E-state index contributed by atoms with van der Waals surface area (Å²) in [5.41, 5.74) is 9.52. The first-order chi connectivity index (χ1) is 10.7. The maximum absolute atomic E-state index is 12.5. The van der Waals surface area contributed by atoms with Crippen molar-refractivity contribution in [2.45, 2.75) is 53.0 Å². The first-order valence-corrected chi connectivity index (χ1v) is 8.58. The summed E-state index contributed by atoms with van der Waals surface area (Å²) < 4.78 is 0. The predicted octanol–water partition coefficient (Wildman–Crippen LogP) is 3.12. The van der Waals surface area contributed by atoms with Gasteiger partial charge in [0.15, 0.2) is 0 Å². The van der Waals surface area contributed by atoms with Crippen molar-refractivity contribution in [1.82, 2.24) is 4.90 Å². The fraction of sp³-hybridized carbons (Fsp3) is 0.632. The third-order valence-corrected chi connectivity index (χ3v) is 4.95. The zero-order valence-corrected chi connectivity index (χ0v) is 15.1. The van der Waals surface area contributed by atoms with Gasteiger partial charge in [0.25, 0.3) is 0 Å². The van der Waals surface area contributed by atoms with Crippen LogP contribution in [0.2, 0.25) is 0 Å². The van der Waals surface area contributed by atoms with Crippen molar-refractivity contribution in [2.75, 3.05) is 25.0 Å². The Morgan fingerprint density at radius 3 is 2.74 bits per heavy atom. The van der Waals surface area contributed by atoms with Gasteiger partial charge in [-0.25, -0.2) is 0 Å². The smallest absolute Gasteiger partial charge is 0.238 e. The molecule has 1 aliphatic heterocycles. The van der Waals surface area contributed by atoms with Crippen LogP contribution in [0.15, 0.2) is 18.2 Å². The monoisotopic (exact) mass is 317 g/mol. The van der Waals surface area contributed by atoms with Crippen molar-refractivity contribution in [1.29, 1.82) is 0 Å². The topological polar surface area (TPSA) is 58.4 Å². The fourth-order valence-corrected chi connectivity index (χ4v) is 3.34. The molecule has 0 radical (unpaired) electrons. The Morgan fingerprint density at radius 1 is 1.43 bits per heavy atom. The van der Waals surface area contributed by atoms with Gasteiger partial charge in [0.05, 0.1) is 6.54 Å². The number of carbonyl (C=O) groups is 1. The number of rotatable bonds is 4. The molecular weight excluding hydrogens is 286 g/mol. The Morgan fingerprint density at radius 2 is 2.13 bits per heavy atom. The van der Waals surface area contributed by atoms with Crippen LogP contribution in [0.3, 0.4) is 0 Å². The van der Waals surface area contributed by atoms with Gasteiger partial charge in [-0.05, 0) is 35.8 Å². The van der Waals surface area contributed by atoms with Gasteiger partial charge >= 0.3 is 0 Å². The highest BCUT2D eigenvalue weighted by molar-refractivity contribution is 5.94. The molecule has 0 bridgehead atoms. The second-order valence-corrected chi connectivity index (χ2v) is 7.84. The number of hydrogen-bond donors (Lipinski definition) is 2. The quantitative estimate of drug-likeness (QED) is 0.897. The van der Waals surface area contributed by atoms with Crippen molar-refractivity contribution in [3.05, 3.63) is 29.3 Å². The van der Waals surface area contributed by atoms with Gasteiger partial charge in [-0.1, -0.05) is 45.9 Å². The van der Waals surface area contributed by atoms with E-state index in [1.54, 1.807) is 0 Å². The molecule has 1 aliphatic rings. The van der Waals surface area contributed by atoms with E-state index in [9.17, 15) is 4.79 Å². The highest BCUT2D eigenvalue weighted by atomic mass is 16.2. The number of aryl methyl sites for hydroxylation is 1. The highest BCUT2D eigenvalue weighted by Gasteiger charge is 2.33. The van der Waals surface area contributed by atoms with Gasteiger partial charge < -0.3 is 11.1 Å². The second kappa shape index (κ2) is 7.02. The number of likely N-dealkylation sites (tertiary alicyclic amines) is 1. The Kier molecular flexibility index (Phi) is 5.48. The minimum atomic E-state index is 0.0598. The average molecular weight is 317 g/mol. The van der Waals surface area contributed by atoms with E-state index in [2.05, 4.69) is 50.0 Å². The zero-order valence-electron chi connectivity index (χ0n) is 15.1. The normalized spacial score (nSPS) is 21.4. The standard InChI is InChI=1S/C19H31N3O/c1-13(2)15-8-6-7-14(3)18(15)21-17(23)11-22-10-9-16(20)19(4,5)12-22/h6-8,13,16H,9-12,20H2,1-5H3,(H,21,23). The maximum Gasteiger partial charge on any atom is 0.238 e. The van der Waals surface area contributed by atoms with E-state index in [-0.39, 0.29) is 17.4 Å². The molecule has 1 aromatic rings. The molecule has 23 heavy (non-hydrogen) atoms.